The molecule has 0 unspecified atom stereocenters. The van der Waals surface area contributed by atoms with Gasteiger partial charge in [0, 0.05) is 20.3 Å². The van der Waals surface area contributed by atoms with E-state index in [0.717, 1.165) is 31.6 Å². The molecule has 4 heteroatoms. The number of hydrogen-bond acceptors (Lipinski definition) is 2. The predicted octanol–water partition coefficient (Wildman–Crippen LogP) is 5.15. The van der Waals surface area contributed by atoms with Crippen LogP contribution in [0.25, 0.3) is 0 Å². The predicted molar refractivity (Wildman–Crippen MR) is 85.5 cm³/mol. The maximum absolute atomic E-state index is 5.87. The molecule has 0 amide bonds. The normalized spacial score (nSPS) is 10.4. The van der Waals surface area contributed by atoms with Crippen LogP contribution in [0.1, 0.15) is 11.1 Å². The fraction of sp³-hybridized carbons (Fsp3) is 0.143. The van der Waals surface area contributed by atoms with Crippen LogP contribution in [0, 0.1) is 13.8 Å². The van der Waals surface area contributed by atoms with Gasteiger partial charge in [0.2, 0.25) is 0 Å². The second kappa shape index (κ2) is 5.33. The van der Waals surface area contributed by atoms with Gasteiger partial charge in [-0.2, -0.15) is 0 Å². The number of anilines is 3. The first-order valence-electron chi connectivity index (χ1n) is 5.57. The van der Waals surface area contributed by atoms with Crippen molar-refractivity contribution in [3.05, 3.63) is 50.4 Å². The third-order valence-corrected chi connectivity index (χ3v) is 4.41. The summed E-state index contributed by atoms with van der Waals surface area (Å²) in [6.07, 6.45) is 0. The van der Waals surface area contributed by atoms with Gasteiger partial charge in [-0.3, -0.25) is 0 Å². The Labute approximate surface area is 124 Å². The van der Waals surface area contributed by atoms with Crippen molar-refractivity contribution in [2.24, 2.45) is 0 Å². The molecule has 0 fully saturated rings. The van der Waals surface area contributed by atoms with Crippen LogP contribution in [0.15, 0.2) is 39.3 Å². The fourth-order valence-corrected chi connectivity index (χ4v) is 2.51. The van der Waals surface area contributed by atoms with Gasteiger partial charge in [-0.05, 0) is 65.2 Å². The van der Waals surface area contributed by atoms with Crippen molar-refractivity contribution >= 4 is 48.9 Å². The first kappa shape index (κ1) is 13.4. The average molecular weight is 370 g/mol. The van der Waals surface area contributed by atoms with Crippen LogP contribution in [0.4, 0.5) is 17.1 Å². The van der Waals surface area contributed by atoms with E-state index in [2.05, 4.69) is 50.2 Å². The molecular weight excluding hydrogens is 356 g/mol. The lowest BCUT2D eigenvalue weighted by Crippen LogP contribution is -1.97. The lowest BCUT2D eigenvalue weighted by molar-refractivity contribution is 1.38. The summed E-state index contributed by atoms with van der Waals surface area (Å²) < 4.78 is 2.06. The second-order valence-electron chi connectivity index (χ2n) is 4.23. The first-order valence-corrected chi connectivity index (χ1v) is 7.15. The summed E-state index contributed by atoms with van der Waals surface area (Å²) in [6.45, 7) is 4.07. The molecule has 0 aliphatic heterocycles. The summed E-state index contributed by atoms with van der Waals surface area (Å²) in [5.41, 5.74) is 11.0. The van der Waals surface area contributed by atoms with Crippen LogP contribution >= 0.6 is 31.9 Å². The van der Waals surface area contributed by atoms with Gasteiger partial charge in [0.15, 0.2) is 0 Å². The largest absolute Gasteiger partial charge is 0.398 e. The van der Waals surface area contributed by atoms with E-state index in [1.807, 2.05) is 31.2 Å². The summed E-state index contributed by atoms with van der Waals surface area (Å²) in [4.78, 5) is 0. The third-order valence-electron chi connectivity index (χ3n) is 2.89. The van der Waals surface area contributed by atoms with E-state index in [4.69, 9.17) is 5.73 Å². The zero-order valence-corrected chi connectivity index (χ0v) is 13.4. The number of nitrogens with two attached hydrogens (primary N) is 1. The Hall–Kier alpha value is -1.00. The van der Waals surface area contributed by atoms with Crippen molar-refractivity contribution in [1.82, 2.24) is 0 Å². The number of nitrogens with one attached hydrogen (secondary N) is 1. The van der Waals surface area contributed by atoms with Gasteiger partial charge in [0.25, 0.3) is 0 Å². The fourth-order valence-electron chi connectivity index (χ4n) is 1.68. The summed E-state index contributed by atoms with van der Waals surface area (Å²) in [5, 5.41) is 3.42. The van der Waals surface area contributed by atoms with Gasteiger partial charge in [-0.1, -0.05) is 22.0 Å². The summed E-state index contributed by atoms with van der Waals surface area (Å²) in [7, 11) is 0. The molecule has 2 rings (SSSR count). The average Bonchev–Trinajstić information content (AvgIpc) is 2.32. The lowest BCUT2D eigenvalue weighted by Gasteiger charge is -2.14. The summed E-state index contributed by atoms with van der Waals surface area (Å²) >= 11 is 7.06. The molecule has 94 valence electrons. The van der Waals surface area contributed by atoms with E-state index < -0.39 is 0 Å². The number of aryl methyl sites for hydroxylation is 1. The molecule has 0 saturated carbocycles. The highest BCUT2D eigenvalue weighted by atomic mass is 79.9. The van der Waals surface area contributed by atoms with Crippen LogP contribution in [0.5, 0.6) is 0 Å². The monoisotopic (exact) mass is 368 g/mol. The molecule has 2 aromatic rings. The molecule has 0 atom stereocenters. The Morgan fingerprint density at radius 3 is 2.44 bits per heavy atom. The molecule has 0 spiro atoms. The quantitative estimate of drug-likeness (QED) is 0.718. The topological polar surface area (TPSA) is 38.0 Å². The Bertz CT molecular complexity index is 595. The van der Waals surface area contributed by atoms with Crippen molar-refractivity contribution in [3.63, 3.8) is 0 Å². The van der Waals surface area contributed by atoms with Gasteiger partial charge >= 0.3 is 0 Å². The molecule has 18 heavy (non-hydrogen) atoms. The number of nitrogen functional groups attached to an aromatic ring is 1. The molecule has 0 aliphatic rings. The van der Waals surface area contributed by atoms with Gasteiger partial charge in [0.05, 0.1) is 5.69 Å². The van der Waals surface area contributed by atoms with Crippen molar-refractivity contribution in [2.75, 3.05) is 11.1 Å². The van der Waals surface area contributed by atoms with Crippen LogP contribution in [-0.2, 0) is 0 Å². The minimum absolute atomic E-state index is 0.790. The Kier molecular flexibility index (Phi) is 3.97. The summed E-state index contributed by atoms with van der Waals surface area (Å²) in [6, 6.07) is 10.1. The highest BCUT2D eigenvalue weighted by Gasteiger charge is 2.06. The maximum Gasteiger partial charge on any atom is 0.0532 e. The Morgan fingerprint density at radius 1 is 1.00 bits per heavy atom. The standard InChI is InChI=1S/C14H14Br2N2/c1-8-6-14(11(16)7-12(8)17)18-13-5-3-4-10(15)9(13)2/h3-7,18H,17H2,1-2H3. The van der Waals surface area contributed by atoms with E-state index in [1.165, 1.54) is 5.56 Å². The molecule has 0 radical (unpaired) electrons. The molecule has 0 aliphatic carbocycles. The smallest absolute Gasteiger partial charge is 0.0532 e. The minimum atomic E-state index is 0.790. The van der Waals surface area contributed by atoms with Crippen molar-refractivity contribution in [3.8, 4) is 0 Å². The van der Waals surface area contributed by atoms with Crippen molar-refractivity contribution < 1.29 is 0 Å². The van der Waals surface area contributed by atoms with Crippen molar-refractivity contribution in [2.45, 2.75) is 13.8 Å². The van der Waals surface area contributed by atoms with Crippen LogP contribution < -0.4 is 11.1 Å². The van der Waals surface area contributed by atoms with E-state index in [-0.39, 0.29) is 0 Å². The SMILES string of the molecule is Cc1cc(Nc2cccc(Br)c2C)c(Br)cc1N. The highest BCUT2D eigenvalue weighted by Crippen LogP contribution is 2.32. The van der Waals surface area contributed by atoms with Gasteiger partial charge in [0.1, 0.15) is 0 Å². The van der Waals surface area contributed by atoms with E-state index in [1.54, 1.807) is 0 Å². The lowest BCUT2D eigenvalue weighted by atomic mass is 10.1. The zero-order valence-electron chi connectivity index (χ0n) is 10.2. The molecule has 2 aromatic carbocycles. The molecule has 0 saturated heterocycles. The Balaban J connectivity index is 2.40. The van der Waals surface area contributed by atoms with E-state index in [9.17, 15) is 0 Å². The molecule has 3 N–H and O–H groups in total. The van der Waals surface area contributed by atoms with E-state index in [0.29, 0.717) is 0 Å². The number of halogens is 2. The molecular formula is C14H14Br2N2. The first-order chi connectivity index (χ1) is 8.49. The second-order valence-corrected chi connectivity index (χ2v) is 5.93. The molecule has 2 nitrogen and oxygen atoms in total. The van der Waals surface area contributed by atoms with Crippen LogP contribution in [0.2, 0.25) is 0 Å². The number of benzene rings is 2. The van der Waals surface area contributed by atoms with Gasteiger partial charge < -0.3 is 11.1 Å². The van der Waals surface area contributed by atoms with E-state index >= 15 is 0 Å². The third kappa shape index (κ3) is 2.70. The molecule has 0 heterocycles. The van der Waals surface area contributed by atoms with Crippen LogP contribution in [-0.4, -0.2) is 0 Å². The Morgan fingerprint density at radius 2 is 1.72 bits per heavy atom. The van der Waals surface area contributed by atoms with Crippen LogP contribution in [0.3, 0.4) is 0 Å². The summed E-state index contributed by atoms with van der Waals surface area (Å²) in [5.74, 6) is 0. The van der Waals surface area contributed by atoms with Gasteiger partial charge in [-0.25, -0.2) is 0 Å². The minimum Gasteiger partial charge on any atom is -0.398 e. The molecule has 0 bridgehead atoms. The zero-order chi connectivity index (χ0) is 13.3. The maximum atomic E-state index is 5.87. The molecule has 0 aromatic heterocycles. The van der Waals surface area contributed by atoms with Gasteiger partial charge in [-0.15, -0.1) is 0 Å². The number of hydrogen-bond donors (Lipinski definition) is 2. The number of rotatable bonds is 2. The highest BCUT2D eigenvalue weighted by molar-refractivity contribution is 9.11. The van der Waals surface area contributed by atoms with Crippen molar-refractivity contribution in [1.29, 1.82) is 0 Å².